The molecule has 0 aromatic heterocycles. The lowest BCUT2D eigenvalue weighted by Crippen LogP contribution is -2.42. The molecule has 0 N–H and O–H groups in total. The Kier molecular flexibility index (Phi) is 5.28. The lowest BCUT2D eigenvalue weighted by molar-refractivity contribution is -0.132. The van der Waals surface area contributed by atoms with Crippen LogP contribution in [-0.4, -0.2) is 49.4 Å². The summed E-state index contributed by atoms with van der Waals surface area (Å²) in [6.07, 6.45) is 2.15. The molecule has 0 aliphatic carbocycles. The third kappa shape index (κ3) is 4.33. The highest BCUT2D eigenvalue weighted by Crippen LogP contribution is 2.30. The normalized spacial score (nSPS) is 17.1. The molecule has 1 amide bonds. The standard InChI is InChI=1S/C19H30N2O/c1-19(2,3)17-8-6-15(7-9-17)16-10-12-21(13-11-16)18(22)14-20(4)5/h6-9,16H,10-14H2,1-5H3. The summed E-state index contributed by atoms with van der Waals surface area (Å²) in [5.41, 5.74) is 3.02. The molecule has 0 saturated carbocycles. The van der Waals surface area contributed by atoms with Crippen LogP contribution in [0.25, 0.3) is 0 Å². The summed E-state index contributed by atoms with van der Waals surface area (Å²) >= 11 is 0. The van der Waals surface area contributed by atoms with E-state index in [9.17, 15) is 4.79 Å². The van der Waals surface area contributed by atoms with Gasteiger partial charge in [0, 0.05) is 13.1 Å². The molecule has 1 saturated heterocycles. The summed E-state index contributed by atoms with van der Waals surface area (Å²) < 4.78 is 0. The molecule has 2 rings (SSSR count). The minimum Gasteiger partial charge on any atom is -0.342 e. The Morgan fingerprint density at radius 3 is 2.14 bits per heavy atom. The third-order valence-electron chi connectivity index (χ3n) is 4.55. The molecule has 0 radical (unpaired) electrons. The Hall–Kier alpha value is -1.35. The van der Waals surface area contributed by atoms with E-state index < -0.39 is 0 Å². The van der Waals surface area contributed by atoms with Gasteiger partial charge < -0.3 is 9.80 Å². The van der Waals surface area contributed by atoms with Gasteiger partial charge in [0.25, 0.3) is 0 Å². The number of piperidine rings is 1. The van der Waals surface area contributed by atoms with Crippen LogP contribution in [0.4, 0.5) is 0 Å². The Balaban J connectivity index is 1.93. The van der Waals surface area contributed by atoms with Crippen molar-refractivity contribution in [2.45, 2.75) is 44.9 Å². The first-order valence-corrected chi connectivity index (χ1v) is 8.30. The van der Waals surface area contributed by atoms with Crippen molar-refractivity contribution in [2.75, 3.05) is 33.7 Å². The summed E-state index contributed by atoms with van der Waals surface area (Å²) in [5, 5.41) is 0. The fourth-order valence-electron chi connectivity index (χ4n) is 3.09. The number of hydrogen-bond acceptors (Lipinski definition) is 2. The smallest absolute Gasteiger partial charge is 0.236 e. The average Bonchev–Trinajstić information content (AvgIpc) is 2.46. The van der Waals surface area contributed by atoms with E-state index in [-0.39, 0.29) is 11.3 Å². The molecule has 0 atom stereocenters. The maximum absolute atomic E-state index is 12.1. The second-order valence-corrected chi connectivity index (χ2v) is 7.76. The maximum Gasteiger partial charge on any atom is 0.236 e. The molecular weight excluding hydrogens is 272 g/mol. The van der Waals surface area contributed by atoms with Gasteiger partial charge in [-0.15, -0.1) is 0 Å². The highest BCUT2D eigenvalue weighted by molar-refractivity contribution is 5.78. The van der Waals surface area contributed by atoms with Crippen molar-refractivity contribution in [3.05, 3.63) is 35.4 Å². The van der Waals surface area contributed by atoms with Crippen molar-refractivity contribution in [2.24, 2.45) is 0 Å². The van der Waals surface area contributed by atoms with Crippen LogP contribution in [0.1, 0.15) is 50.7 Å². The number of likely N-dealkylation sites (N-methyl/N-ethyl adjacent to an activating group) is 1. The summed E-state index contributed by atoms with van der Waals surface area (Å²) in [6, 6.07) is 9.09. The molecule has 0 bridgehead atoms. The topological polar surface area (TPSA) is 23.6 Å². The monoisotopic (exact) mass is 302 g/mol. The van der Waals surface area contributed by atoms with E-state index in [1.165, 1.54) is 11.1 Å². The van der Waals surface area contributed by atoms with E-state index in [1.54, 1.807) is 0 Å². The first-order valence-electron chi connectivity index (χ1n) is 8.30. The second-order valence-electron chi connectivity index (χ2n) is 7.76. The fraction of sp³-hybridized carbons (Fsp3) is 0.632. The molecule has 1 fully saturated rings. The number of hydrogen-bond donors (Lipinski definition) is 0. The number of carbonyl (C=O) groups is 1. The van der Waals surface area contributed by atoms with E-state index in [2.05, 4.69) is 45.0 Å². The van der Waals surface area contributed by atoms with Gasteiger partial charge in [-0.1, -0.05) is 45.0 Å². The van der Waals surface area contributed by atoms with Crippen LogP contribution in [0.3, 0.4) is 0 Å². The Labute approximate surface area is 135 Å². The number of likely N-dealkylation sites (tertiary alicyclic amines) is 1. The zero-order valence-electron chi connectivity index (χ0n) is 14.7. The minimum absolute atomic E-state index is 0.209. The lowest BCUT2D eigenvalue weighted by Gasteiger charge is -2.33. The second kappa shape index (κ2) is 6.82. The largest absolute Gasteiger partial charge is 0.342 e. The molecule has 1 aromatic carbocycles. The van der Waals surface area contributed by atoms with Gasteiger partial charge in [0.05, 0.1) is 6.54 Å². The Bertz CT molecular complexity index is 491. The molecule has 1 aliphatic rings. The third-order valence-corrected chi connectivity index (χ3v) is 4.55. The van der Waals surface area contributed by atoms with Crippen LogP contribution in [0, 0.1) is 0 Å². The van der Waals surface area contributed by atoms with Crippen LogP contribution in [0.15, 0.2) is 24.3 Å². The van der Waals surface area contributed by atoms with Gasteiger partial charge in [-0.2, -0.15) is 0 Å². The highest BCUT2D eigenvalue weighted by atomic mass is 16.2. The Morgan fingerprint density at radius 2 is 1.68 bits per heavy atom. The molecule has 122 valence electrons. The van der Waals surface area contributed by atoms with Crippen molar-refractivity contribution in [3.8, 4) is 0 Å². The maximum atomic E-state index is 12.1. The lowest BCUT2D eigenvalue weighted by atomic mass is 9.84. The van der Waals surface area contributed by atoms with E-state index in [4.69, 9.17) is 0 Å². The number of nitrogens with zero attached hydrogens (tertiary/aromatic N) is 2. The summed E-state index contributed by atoms with van der Waals surface area (Å²) in [4.78, 5) is 16.0. The Morgan fingerprint density at radius 1 is 1.14 bits per heavy atom. The predicted octanol–water partition coefficient (Wildman–Crippen LogP) is 3.25. The van der Waals surface area contributed by atoms with Gasteiger partial charge in [0.15, 0.2) is 0 Å². The van der Waals surface area contributed by atoms with E-state index in [0.717, 1.165) is 25.9 Å². The first kappa shape index (κ1) is 17.0. The number of rotatable bonds is 3. The zero-order valence-corrected chi connectivity index (χ0v) is 14.7. The van der Waals surface area contributed by atoms with Crippen molar-refractivity contribution in [3.63, 3.8) is 0 Å². The zero-order chi connectivity index (χ0) is 16.3. The molecule has 22 heavy (non-hydrogen) atoms. The van der Waals surface area contributed by atoms with Crippen LogP contribution in [0.5, 0.6) is 0 Å². The van der Waals surface area contributed by atoms with Crippen LogP contribution >= 0.6 is 0 Å². The minimum atomic E-state index is 0.209. The van der Waals surface area contributed by atoms with E-state index in [1.807, 2.05) is 23.9 Å². The number of benzene rings is 1. The van der Waals surface area contributed by atoms with Gasteiger partial charge in [-0.3, -0.25) is 4.79 Å². The van der Waals surface area contributed by atoms with Gasteiger partial charge >= 0.3 is 0 Å². The molecule has 1 heterocycles. The molecule has 0 unspecified atom stereocenters. The van der Waals surface area contributed by atoms with Gasteiger partial charge in [0.1, 0.15) is 0 Å². The van der Waals surface area contributed by atoms with Crippen molar-refractivity contribution in [1.82, 2.24) is 9.80 Å². The predicted molar refractivity (Wildman–Crippen MR) is 92.3 cm³/mol. The van der Waals surface area contributed by atoms with Crippen molar-refractivity contribution >= 4 is 5.91 Å². The quantitative estimate of drug-likeness (QED) is 0.855. The summed E-state index contributed by atoms with van der Waals surface area (Å²) in [6.45, 7) is 9.03. The van der Waals surface area contributed by atoms with Gasteiger partial charge in [0.2, 0.25) is 5.91 Å². The molecule has 3 nitrogen and oxygen atoms in total. The van der Waals surface area contributed by atoms with E-state index in [0.29, 0.717) is 12.5 Å². The molecular formula is C19H30N2O. The fourth-order valence-corrected chi connectivity index (χ4v) is 3.09. The summed E-state index contributed by atoms with van der Waals surface area (Å²) in [7, 11) is 3.89. The van der Waals surface area contributed by atoms with Gasteiger partial charge in [-0.05, 0) is 49.4 Å². The van der Waals surface area contributed by atoms with Crippen LogP contribution in [0.2, 0.25) is 0 Å². The highest BCUT2D eigenvalue weighted by Gasteiger charge is 2.24. The molecule has 0 spiro atoms. The summed E-state index contributed by atoms with van der Waals surface area (Å²) in [5.74, 6) is 0.851. The number of carbonyl (C=O) groups excluding carboxylic acids is 1. The SMILES string of the molecule is CN(C)CC(=O)N1CCC(c2ccc(C(C)(C)C)cc2)CC1. The van der Waals surface area contributed by atoms with Crippen LogP contribution < -0.4 is 0 Å². The van der Waals surface area contributed by atoms with Crippen molar-refractivity contribution < 1.29 is 4.79 Å². The van der Waals surface area contributed by atoms with Gasteiger partial charge in [-0.25, -0.2) is 0 Å². The van der Waals surface area contributed by atoms with Crippen molar-refractivity contribution in [1.29, 1.82) is 0 Å². The molecule has 3 heteroatoms. The molecule has 1 aliphatic heterocycles. The van der Waals surface area contributed by atoms with E-state index >= 15 is 0 Å². The first-order chi connectivity index (χ1) is 10.3. The van der Waals surface area contributed by atoms with Crippen LogP contribution in [-0.2, 0) is 10.2 Å². The average molecular weight is 302 g/mol. The molecule has 1 aromatic rings. The number of amides is 1.